The van der Waals surface area contributed by atoms with Gasteiger partial charge in [0.1, 0.15) is 0 Å². The average Bonchev–Trinajstić information content (AvgIpc) is 2.89. The second-order valence-electron chi connectivity index (χ2n) is 3.83. The smallest absolute Gasteiger partial charge is 0.233 e. The van der Waals surface area contributed by atoms with Crippen LogP contribution in [0.5, 0.6) is 0 Å². The van der Waals surface area contributed by atoms with Crippen molar-refractivity contribution in [2.75, 3.05) is 11.9 Å². The molecule has 1 aromatic rings. The number of aliphatic hydroxyl groups is 1. The number of rotatable bonds is 3. The minimum Gasteiger partial charge on any atom is -0.395 e. The maximum Gasteiger partial charge on any atom is 0.233 e. The summed E-state index contributed by atoms with van der Waals surface area (Å²) in [5.41, 5.74) is 0.605. The van der Waals surface area contributed by atoms with E-state index in [1.165, 1.54) is 11.3 Å². The lowest BCUT2D eigenvalue weighted by atomic mass is 10.1. The number of hydrogen-bond acceptors (Lipinski definition) is 3. The van der Waals surface area contributed by atoms with E-state index >= 15 is 0 Å². The zero-order valence-corrected chi connectivity index (χ0v) is 8.86. The quantitative estimate of drug-likeness (QED) is 0.800. The summed E-state index contributed by atoms with van der Waals surface area (Å²) in [7, 11) is 0. The average molecular weight is 211 g/mol. The summed E-state index contributed by atoms with van der Waals surface area (Å²) in [5.74, 6) is -0.0365. The van der Waals surface area contributed by atoms with Crippen molar-refractivity contribution in [1.29, 1.82) is 0 Å². The van der Waals surface area contributed by atoms with E-state index in [1.807, 2.05) is 18.4 Å². The summed E-state index contributed by atoms with van der Waals surface area (Å²) >= 11 is 1.52. The molecular weight excluding hydrogens is 198 g/mol. The molecule has 1 aromatic heterocycles. The highest BCUT2D eigenvalue weighted by Gasteiger charge is 2.49. The number of aryl methyl sites for hydroxylation is 1. The Morgan fingerprint density at radius 3 is 2.86 bits per heavy atom. The molecule has 2 rings (SSSR count). The Kier molecular flexibility index (Phi) is 2.33. The van der Waals surface area contributed by atoms with E-state index in [2.05, 4.69) is 5.32 Å². The lowest BCUT2D eigenvalue weighted by Gasteiger charge is -2.11. The number of nitrogens with one attached hydrogen (secondary N) is 1. The molecule has 1 heterocycles. The van der Waals surface area contributed by atoms with Crippen molar-refractivity contribution in [2.24, 2.45) is 5.41 Å². The Morgan fingerprint density at radius 2 is 2.43 bits per heavy atom. The van der Waals surface area contributed by atoms with Gasteiger partial charge in [-0.3, -0.25) is 4.79 Å². The van der Waals surface area contributed by atoms with Gasteiger partial charge in [-0.1, -0.05) is 0 Å². The second-order valence-corrected chi connectivity index (χ2v) is 4.74. The molecule has 0 radical (unpaired) electrons. The molecule has 0 spiro atoms. The number of aliphatic hydroxyl groups excluding tert-OH is 1. The first-order valence-corrected chi connectivity index (χ1v) is 5.52. The zero-order valence-electron chi connectivity index (χ0n) is 8.04. The van der Waals surface area contributed by atoms with Crippen molar-refractivity contribution in [1.82, 2.24) is 0 Å². The van der Waals surface area contributed by atoms with E-state index in [9.17, 15) is 4.79 Å². The molecule has 14 heavy (non-hydrogen) atoms. The summed E-state index contributed by atoms with van der Waals surface area (Å²) in [6, 6.07) is 1.97. The minimum atomic E-state index is -0.476. The predicted octanol–water partition coefficient (Wildman–Crippen LogP) is 1.77. The molecule has 0 aliphatic heterocycles. The van der Waals surface area contributed by atoms with E-state index < -0.39 is 5.41 Å². The largest absolute Gasteiger partial charge is 0.395 e. The Bertz CT molecular complexity index is 355. The lowest BCUT2D eigenvalue weighted by molar-refractivity contribution is -0.122. The van der Waals surface area contributed by atoms with Crippen LogP contribution in [0.2, 0.25) is 0 Å². The molecule has 3 nitrogen and oxygen atoms in total. The van der Waals surface area contributed by atoms with Crippen molar-refractivity contribution in [2.45, 2.75) is 19.8 Å². The zero-order chi connectivity index (χ0) is 10.2. The number of thiophene rings is 1. The molecule has 0 saturated heterocycles. The van der Waals surface area contributed by atoms with Crippen LogP contribution >= 0.6 is 11.3 Å². The summed E-state index contributed by atoms with van der Waals surface area (Å²) in [5, 5.41) is 14.8. The highest BCUT2D eigenvalue weighted by atomic mass is 32.1. The molecule has 4 heteroatoms. The first-order valence-electron chi connectivity index (χ1n) is 4.64. The minimum absolute atomic E-state index is 0.0365. The molecule has 1 amide bonds. The highest BCUT2D eigenvalue weighted by Crippen LogP contribution is 2.46. The molecule has 2 N–H and O–H groups in total. The van der Waals surface area contributed by atoms with Gasteiger partial charge in [0, 0.05) is 0 Å². The van der Waals surface area contributed by atoms with Crippen molar-refractivity contribution in [3.05, 3.63) is 17.0 Å². The summed E-state index contributed by atoms with van der Waals surface area (Å²) in [6.07, 6.45) is 1.61. The van der Waals surface area contributed by atoms with Gasteiger partial charge in [0.25, 0.3) is 0 Å². The van der Waals surface area contributed by atoms with Gasteiger partial charge in [-0.05, 0) is 36.8 Å². The molecule has 1 aliphatic rings. The van der Waals surface area contributed by atoms with Gasteiger partial charge in [-0.25, -0.2) is 0 Å². The van der Waals surface area contributed by atoms with Gasteiger partial charge in [0.05, 0.1) is 17.0 Å². The third kappa shape index (κ3) is 1.55. The van der Waals surface area contributed by atoms with Crippen LogP contribution < -0.4 is 5.32 Å². The number of carbonyl (C=O) groups is 1. The second kappa shape index (κ2) is 3.37. The van der Waals surface area contributed by atoms with Gasteiger partial charge in [0.2, 0.25) is 5.91 Å². The van der Waals surface area contributed by atoms with Gasteiger partial charge < -0.3 is 10.4 Å². The van der Waals surface area contributed by atoms with Crippen LogP contribution in [0.1, 0.15) is 18.4 Å². The number of anilines is 1. The van der Waals surface area contributed by atoms with Gasteiger partial charge in [0.15, 0.2) is 0 Å². The molecule has 0 unspecified atom stereocenters. The fourth-order valence-corrected chi connectivity index (χ4v) is 2.16. The lowest BCUT2D eigenvalue weighted by Crippen LogP contribution is -2.26. The van der Waals surface area contributed by atoms with Crippen molar-refractivity contribution in [3.8, 4) is 0 Å². The first kappa shape index (κ1) is 9.68. The molecular formula is C10H13NO2S. The maximum atomic E-state index is 11.7. The fourth-order valence-electron chi connectivity index (χ4n) is 1.34. The van der Waals surface area contributed by atoms with Crippen LogP contribution in [0.3, 0.4) is 0 Å². The summed E-state index contributed by atoms with van der Waals surface area (Å²) in [6.45, 7) is 1.92. The normalized spacial score (nSPS) is 17.9. The van der Waals surface area contributed by atoms with Crippen LogP contribution in [0.4, 0.5) is 5.00 Å². The molecule has 1 aliphatic carbocycles. The predicted molar refractivity (Wildman–Crippen MR) is 56.4 cm³/mol. The van der Waals surface area contributed by atoms with Gasteiger partial charge >= 0.3 is 0 Å². The number of hydrogen-bond donors (Lipinski definition) is 2. The van der Waals surface area contributed by atoms with E-state index in [0.717, 1.165) is 23.4 Å². The Morgan fingerprint density at radius 1 is 1.71 bits per heavy atom. The third-order valence-electron chi connectivity index (χ3n) is 2.73. The fraction of sp³-hybridized carbons (Fsp3) is 0.500. The van der Waals surface area contributed by atoms with Crippen LogP contribution in [-0.4, -0.2) is 17.6 Å². The Balaban J connectivity index is 2.05. The van der Waals surface area contributed by atoms with E-state index in [4.69, 9.17) is 5.11 Å². The van der Waals surface area contributed by atoms with Crippen molar-refractivity contribution < 1.29 is 9.90 Å². The molecule has 0 atom stereocenters. The number of amides is 1. The molecule has 76 valence electrons. The van der Waals surface area contributed by atoms with Crippen LogP contribution in [0, 0.1) is 12.3 Å². The topological polar surface area (TPSA) is 49.3 Å². The molecule has 0 bridgehead atoms. The summed E-state index contributed by atoms with van der Waals surface area (Å²) < 4.78 is 0. The standard InChI is InChI=1S/C10H13NO2S/c1-7-2-5-14-8(7)11-9(13)10(6-12)3-4-10/h2,5,12H,3-4,6H2,1H3,(H,11,13). The van der Waals surface area contributed by atoms with Gasteiger partial charge in [-0.2, -0.15) is 0 Å². The molecule has 1 fully saturated rings. The monoisotopic (exact) mass is 211 g/mol. The van der Waals surface area contributed by atoms with Gasteiger partial charge in [-0.15, -0.1) is 11.3 Å². The maximum absolute atomic E-state index is 11.7. The number of carbonyl (C=O) groups excluding carboxylic acids is 1. The SMILES string of the molecule is Cc1ccsc1NC(=O)C1(CO)CC1. The highest BCUT2D eigenvalue weighted by molar-refractivity contribution is 7.14. The van der Waals surface area contributed by atoms with Crippen LogP contribution in [-0.2, 0) is 4.79 Å². The molecule has 1 saturated carbocycles. The summed E-state index contributed by atoms with van der Waals surface area (Å²) in [4.78, 5) is 11.7. The van der Waals surface area contributed by atoms with Crippen molar-refractivity contribution in [3.63, 3.8) is 0 Å². The van der Waals surface area contributed by atoms with Crippen LogP contribution in [0.15, 0.2) is 11.4 Å². The first-order chi connectivity index (χ1) is 6.68. The molecule has 0 aromatic carbocycles. The Labute approximate surface area is 86.8 Å². The van der Waals surface area contributed by atoms with Crippen LogP contribution in [0.25, 0.3) is 0 Å². The Hall–Kier alpha value is -0.870. The third-order valence-corrected chi connectivity index (χ3v) is 3.66. The van der Waals surface area contributed by atoms with E-state index in [1.54, 1.807) is 0 Å². The van der Waals surface area contributed by atoms with E-state index in [0.29, 0.717) is 0 Å². The van der Waals surface area contributed by atoms with E-state index in [-0.39, 0.29) is 12.5 Å². The van der Waals surface area contributed by atoms with Crippen molar-refractivity contribution >= 4 is 22.2 Å².